The van der Waals surface area contributed by atoms with Gasteiger partial charge < -0.3 is 10.2 Å². The maximum atomic E-state index is 11.5. The number of rotatable bonds is 5. The average molecular weight is 197 g/mol. The highest BCUT2D eigenvalue weighted by Gasteiger charge is 2.08. The molecule has 14 heavy (non-hydrogen) atoms. The zero-order valence-electron chi connectivity index (χ0n) is 8.47. The summed E-state index contributed by atoms with van der Waals surface area (Å²) in [6.07, 6.45) is 3.23. The molecule has 0 radical (unpaired) electrons. The summed E-state index contributed by atoms with van der Waals surface area (Å²) in [5.41, 5.74) is 0. The van der Waals surface area contributed by atoms with Gasteiger partial charge in [0.25, 0.3) is 0 Å². The lowest BCUT2D eigenvalue weighted by Crippen LogP contribution is -2.35. The number of nitrogens with zero attached hydrogens (tertiary/aromatic N) is 4. The summed E-state index contributed by atoms with van der Waals surface area (Å²) in [4.78, 5) is 13.2. The van der Waals surface area contributed by atoms with Crippen molar-refractivity contribution < 1.29 is 4.79 Å². The monoisotopic (exact) mass is 197 g/mol. The third kappa shape index (κ3) is 3.14. The van der Waals surface area contributed by atoms with E-state index >= 15 is 0 Å². The fraction of sp³-hybridized carbons (Fsp3) is 0.625. The number of carbonyl (C=O) groups excluding carboxylic acids is 1. The number of carbonyl (C=O) groups is 1. The summed E-state index contributed by atoms with van der Waals surface area (Å²) in [6, 6.07) is 0. The minimum atomic E-state index is 0.0331. The number of hydrogen-bond acceptors (Lipinski definition) is 4. The Morgan fingerprint density at radius 1 is 1.64 bits per heavy atom. The molecule has 6 heteroatoms. The molecule has 0 aliphatic carbocycles. The Balaban J connectivity index is 2.34. The highest BCUT2D eigenvalue weighted by atomic mass is 16.2. The van der Waals surface area contributed by atoms with Crippen LogP contribution in [-0.4, -0.2) is 53.0 Å². The number of likely N-dealkylation sites (N-methyl/N-ethyl adjacent to an activating group) is 2. The van der Waals surface area contributed by atoms with Crippen LogP contribution in [0.2, 0.25) is 0 Å². The van der Waals surface area contributed by atoms with E-state index in [1.165, 1.54) is 4.68 Å². The van der Waals surface area contributed by atoms with E-state index in [0.717, 1.165) is 6.54 Å². The molecule has 0 aliphatic heterocycles. The number of amides is 1. The van der Waals surface area contributed by atoms with Crippen molar-refractivity contribution in [1.29, 1.82) is 0 Å². The molecule has 0 saturated heterocycles. The lowest BCUT2D eigenvalue weighted by molar-refractivity contribution is -0.130. The normalized spacial score (nSPS) is 10.1. The largest absolute Gasteiger partial charge is 0.343 e. The number of hydrogen-bond donors (Lipinski definition) is 1. The quantitative estimate of drug-likeness (QED) is 0.654. The smallest absolute Gasteiger partial charge is 0.244 e. The van der Waals surface area contributed by atoms with Crippen LogP contribution in [0.25, 0.3) is 0 Å². The Morgan fingerprint density at radius 2 is 2.43 bits per heavy atom. The first-order valence-corrected chi connectivity index (χ1v) is 4.46. The lowest BCUT2D eigenvalue weighted by Gasteiger charge is -2.16. The molecule has 1 aromatic rings. The van der Waals surface area contributed by atoms with Gasteiger partial charge in [0.1, 0.15) is 6.54 Å². The van der Waals surface area contributed by atoms with Gasteiger partial charge >= 0.3 is 0 Å². The van der Waals surface area contributed by atoms with E-state index < -0.39 is 0 Å². The van der Waals surface area contributed by atoms with E-state index in [4.69, 9.17) is 0 Å². The molecule has 0 spiro atoms. The first-order valence-electron chi connectivity index (χ1n) is 4.46. The van der Waals surface area contributed by atoms with E-state index in [-0.39, 0.29) is 12.5 Å². The van der Waals surface area contributed by atoms with Crippen molar-refractivity contribution in [2.75, 3.05) is 27.2 Å². The molecule has 1 aromatic heterocycles. The van der Waals surface area contributed by atoms with Gasteiger partial charge in [-0.15, -0.1) is 5.10 Å². The van der Waals surface area contributed by atoms with Crippen LogP contribution in [0.3, 0.4) is 0 Å². The molecule has 1 heterocycles. The second kappa shape index (κ2) is 5.33. The Labute approximate surface area is 82.9 Å². The highest BCUT2D eigenvalue weighted by molar-refractivity contribution is 5.75. The molecule has 0 bridgehead atoms. The van der Waals surface area contributed by atoms with E-state index in [2.05, 4.69) is 15.6 Å². The molecule has 0 saturated carbocycles. The summed E-state index contributed by atoms with van der Waals surface area (Å²) in [6.45, 7) is 1.74. The summed E-state index contributed by atoms with van der Waals surface area (Å²) in [7, 11) is 3.63. The van der Waals surface area contributed by atoms with Crippen LogP contribution in [-0.2, 0) is 11.3 Å². The maximum absolute atomic E-state index is 11.5. The third-order valence-electron chi connectivity index (χ3n) is 1.89. The van der Waals surface area contributed by atoms with Gasteiger partial charge in [-0.2, -0.15) is 0 Å². The molecule has 0 unspecified atom stereocenters. The predicted molar refractivity (Wildman–Crippen MR) is 51.6 cm³/mol. The minimum Gasteiger partial charge on any atom is -0.343 e. The van der Waals surface area contributed by atoms with Crippen LogP contribution in [0, 0.1) is 0 Å². The molecular formula is C8H15N5O. The van der Waals surface area contributed by atoms with Gasteiger partial charge in [-0.25, -0.2) is 4.68 Å². The zero-order valence-corrected chi connectivity index (χ0v) is 8.47. The number of aromatic nitrogens is 3. The first kappa shape index (κ1) is 10.6. The lowest BCUT2D eigenvalue weighted by atomic mass is 10.5. The van der Waals surface area contributed by atoms with Gasteiger partial charge in [0.15, 0.2) is 0 Å². The van der Waals surface area contributed by atoms with Crippen molar-refractivity contribution in [2.24, 2.45) is 0 Å². The van der Waals surface area contributed by atoms with Gasteiger partial charge in [-0.3, -0.25) is 4.79 Å². The summed E-state index contributed by atoms with van der Waals surface area (Å²) in [5, 5.41) is 10.3. The van der Waals surface area contributed by atoms with Crippen molar-refractivity contribution in [3.63, 3.8) is 0 Å². The van der Waals surface area contributed by atoms with Crippen molar-refractivity contribution in [1.82, 2.24) is 25.2 Å². The van der Waals surface area contributed by atoms with Gasteiger partial charge in [0, 0.05) is 26.3 Å². The highest BCUT2D eigenvalue weighted by Crippen LogP contribution is 1.88. The Bertz CT molecular complexity index is 271. The first-order chi connectivity index (χ1) is 6.74. The number of nitrogens with one attached hydrogen (secondary N) is 1. The molecule has 78 valence electrons. The van der Waals surface area contributed by atoms with Crippen LogP contribution in [0.4, 0.5) is 0 Å². The van der Waals surface area contributed by atoms with E-state index in [0.29, 0.717) is 6.54 Å². The van der Waals surface area contributed by atoms with Crippen molar-refractivity contribution in [2.45, 2.75) is 6.54 Å². The van der Waals surface area contributed by atoms with Crippen LogP contribution in [0.1, 0.15) is 0 Å². The Morgan fingerprint density at radius 3 is 3.00 bits per heavy atom. The van der Waals surface area contributed by atoms with Gasteiger partial charge in [-0.1, -0.05) is 5.21 Å². The van der Waals surface area contributed by atoms with Gasteiger partial charge in [0.05, 0.1) is 6.20 Å². The Kier molecular flexibility index (Phi) is 4.06. The molecule has 6 nitrogen and oxygen atoms in total. The second-order valence-electron chi connectivity index (χ2n) is 3.02. The summed E-state index contributed by atoms with van der Waals surface area (Å²) < 4.78 is 1.51. The second-order valence-corrected chi connectivity index (χ2v) is 3.02. The summed E-state index contributed by atoms with van der Waals surface area (Å²) in [5.74, 6) is 0.0331. The fourth-order valence-electron chi connectivity index (χ4n) is 0.981. The van der Waals surface area contributed by atoms with E-state index in [1.807, 2.05) is 7.05 Å². The van der Waals surface area contributed by atoms with E-state index in [9.17, 15) is 4.79 Å². The van der Waals surface area contributed by atoms with Crippen LogP contribution in [0.15, 0.2) is 12.4 Å². The molecule has 1 N–H and O–H groups in total. The van der Waals surface area contributed by atoms with Crippen molar-refractivity contribution in [3.8, 4) is 0 Å². The minimum absolute atomic E-state index is 0.0331. The van der Waals surface area contributed by atoms with Crippen molar-refractivity contribution in [3.05, 3.63) is 12.4 Å². The van der Waals surface area contributed by atoms with Crippen LogP contribution in [0.5, 0.6) is 0 Å². The molecule has 0 aliphatic rings. The molecule has 1 amide bonds. The average Bonchev–Trinajstić information content (AvgIpc) is 2.66. The predicted octanol–water partition coefficient (Wildman–Crippen LogP) is -1.04. The molecule has 1 rings (SSSR count). The standard InChI is InChI=1S/C8H15N5O/c1-9-3-5-12(2)8(14)7-13-6-4-10-11-13/h4,6,9H,3,5,7H2,1-2H3. The molecule has 0 atom stereocenters. The van der Waals surface area contributed by atoms with Crippen LogP contribution < -0.4 is 5.32 Å². The topological polar surface area (TPSA) is 63.1 Å². The molecule has 0 fully saturated rings. The summed E-state index contributed by atoms with van der Waals surface area (Å²) >= 11 is 0. The van der Waals surface area contributed by atoms with Gasteiger partial charge in [-0.05, 0) is 7.05 Å². The SMILES string of the molecule is CNCCN(C)C(=O)Cn1ccnn1. The molecular weight excluding hydrogens is 182 g/mol. The Hall–Kier alpha value is -1.43. The fourth-order valence-corrected chi connectivity index (χ4v) is 0.981. The third-order valence-corrected chi connectivity index (χ3v) is 1.89. The zero-order chi connectivity index (χ0) is 10.4. The van der Waals surface area contributed by atoms with Gasteiger partial charge in [0.2, 0.25) is 5.91 Å². The molecule has 0 aromatic carbocycles. The van der Waals surface area contributed by atoms with Crippen molar-refractivity contribution >= 4 is 5.91 Å². The maximum Gasteiger partial charge on any atom is 0.244 e. The van der Waals surface area contributed by atoms with E-state index in [1.54, 1.807) is 24.3 Å². The van der Waals surface area contributed by atoms with Crippen LogP contribution >= 0.6 is 0 Å².